The number of rotatable bonds is 5. The van der Waals surface area contributed by atoms with E-state index in [1.165, 1.54) is 0 Å². The molecule has 0 spiro atoms. The van der Waals surface area contributed by atoms with E-state index in [2.05, 4.69) is 0 Å². The van der Waals surface area contributed by atoms with Gasteiger partial charge in [-0.15, -0.1) is 0 Å². The highest BCUT2D eigenvalue weighted by Crippen LogP contribution is 2.23. The Morgan fingerprint density at radius 2 is 2.06 bits per heavy atom. The molecule has 0 bridgehead atoms. The minimum absolute atomic E-state index is 0.209. The lowest BCUT2D eigenvalue weighted by molar-refractivity contribution is 0.139. The van der Waals surface area contributed by atoms with Crippen LogP contribution in [0.5, 0.6) is 0 Å². The summed E-state index contributed by atoms with van der Waals surface area (Å²) < 4.78 is 28.1. The largest absolute Gasteiger partial charge is 0.381 e. The van der Waals surface area contributed by atoms with Gasteiger partial charge < -0.3 is 10.5 Å². The Labute approximate surface area is 98.5 Å². The first-order valence-electron chi connectivity index (χ1n) is 6.04. The van der Waals surface area contributed by atoms with Crippen molar-refractivity contribution < 1.29 is 13.2 Å². The van der Waals surface area contributed by atoms with Crippen LogP contribution in [0.1, 0.15) is 39.0 Å². The maximum atomic E-state index is 11.3. The number of nitrogens with two attached hydrogens (primary N) is 1. The molecule has 4 nitrogen and oxygen atoms in total. The number of hydrogen-bond acceptors (Lipinski definition) is 4. The predicted octanol–water partition coefficient (Wildman–Crippen LogP) is 1.10. The molecule has 1 saturated heterocycles. The van der Waals surface area contributed by atoms with E-state index in [4.69, 9.17) is 10.5 Å². The summed E-state index contributed by atoms with van der Waals surface area (Å²) in [5.74, 6) is 0.497. The summed E-state index contributed by atoms with van der Waals surface area (Å²) in [6.07, 6.45) is 4.23. The molecule has 1 unspecified atom stereocenters. The van der Waals surface area contributed by atoms with Gasteiger partial charge in [-0.05, 0) is 32.1 Å². The van der Waals surface area contributed by atoms with Crippen LogP contribution < -0.4 is 5.73 Å². The SMILES string of the molecule is CCS(=O)(=O)CCCC1(N)CCCOCC1. The summed E-state index contributed by atoms with van der Waals surface area (Å²) >= 11 is 0. The van der Waals surface area contributed by atoms with Gasteiger partial charge in [0.25, 0.3) is 0 Å². The van der Waals surface area contributed by atoms with Crippen LogP contribution >= 0.6 is 0 Å². The summed E-state index contributed by atoms with van der Waals surface area (Å²) in [5.41, 5.74) is 6.05. The fraction of sp³-hybridized carbons (Fsp3) is 1.00. The third kappa shape index (κ3) is 4.80. The van der Waals surface area contributed by atoms with E-state index in [-0.39, 0.29) is 17.0 Å². The molecule has 16 heavy (non-hydrogen) atoms. The highest BCUT2D eigenvalue weighted by molar-refractivity contribution is 7.91. The minimum atomic E-state index is -2.84. The zero-order valence-corrected chi connectivity index (χ0v) is 10.9. The van der Waals surface area contributed by atoms with Gasteiger partial charge in [0.15, 0.2) is 0 Å². The summed E-state index contributed by atoms with van der Waals surface area (Å²) in [6.45, 7) is 3.18. The zero-order valence-electron chi connectivity index (χ0n) is 10.1. The molecule has 0 aromatic carbocycles. The molecule has 0 saturated carbocycles. The lowest BCUT2D eigenvalue weighted by Gasteiger charge is -2.27. The van der Waals surface area contributed by atoms with Crippen molar-refractivity contribution >= 4 is 9.84 Å². The van der Waals surface area contributed by atoms with Gasteiger partial charge in [-0.1, -0.05) is 6.92 Å². The number of ether oxygens (including phenoxy) is 1. The topological polar surface area (TPSA) is 69.4 Å². The molecule has 1 rings (SSSR count). The van der Waals surface area contributed by atoms with Crippen molar-refractivity contribution in [3.8, 4) is 0 Å². The van der Waals surface area contributed by atoms with Gasteiger partial charge in [-0.2, -0.15) is 0 Å². The van der Waals surface area contributed by atoms with Crippen LogP contribution in [0.2, 0.25) is 0 Å². The maximum absolute atomic E-state index is 11.3. The molecule has 0 aromatic rings. The van der Waals surface area contributed by atoms with Crippen molar-refractivity contribution in [1.82, 2.24) is 0 Å². The first-order valence-corrected chi connectivity index (χ1v) is 7.87. The Morgan fingerprint density at radius 1 is 1.31 bits per heavy atom. The fourth-order valence-electron chi connectivity index (χ4n) is 2.07. The molecule has 5 heteroatoms. The first-order chi connectivity index (χ1) is 7.47. The molecule has 1 atom stereocenters. The summed E-state index contributed by atoms with van der Waals surface area (Å²) in [4.78, 5) is 0. The molecule has 0 aliphatic carbocycles. The van der Waals surface area contributed by atoms with Crippen LogP contribution in [-0.2, 0) is 14.6 Å². The smallest absolute Gasteiger partial charge is 0.150 e. The lowest BCUT2D eigenvalue weighted by atomic mass is 9.87. The van der Waals surface area contributed by atoms with E-state index < -0.39 is 9.84 Å². The normalized spacial score (nSPS) is 27.6. The summed E-state index contributed by atoms with van der Waals surface area (Å²) in [5, 5.41) is 0. The zero-order chi connectivity index (χ0) is 12.1. The van der Waals surface area contributed by atoms with Gasteiger partial charge in [0.2, 0.25) is 0 Å². The van der Waals surface area contributed by atoms with Crippen LogP contribution in [0.15, 0.2) is 0 Å². The van der Waals surface area contributed by atoms with Crippen molar-refractivity contribution in [1.29, 1.82) is 0 Å². The van der Waals surface area contributed by atoms with Crippen LogP contribution in [0.3, 0.4) is 0 Å². The van der Waals surface area contributed by atoms with Gasteiger partial charge in [-0.3, -0.25) is 0 Å². The Bertz CT molecular complexity index is 292. The van der Waals surface area contributed by atoms with E-state index in [0.29, 0.717) is 13.0 Å². The van der Waals surface area contributed by atoms with Gasteiger partial charge >= 0.3 is 0 Å². The third-order valence-corrected chi connectivity index (χ3v) is 5.07. The van der Waals surface area contributed by atoms with Gasteiger partial charge in [0.05, 0.1) is 5.75 Å². The van der Waals surface area contributed by atoms with Crippen LogP contribution in [-0.4, -0.2) is 38.7 Å². The molecular weight excluding hydrogens is 226 g/mol. The van der Waals surface area contributed by atoms with Crippen LogP contribution in [0, 0.1) is 0 Å². The predicted molar refractivity (Wildman–Crippen MR) is 65.2 cm³/mol. The highest BCUT2D eigenvalue weighted by atomic mass is 32.2. The Kier molecular flexibility index (Phi) is 5.21. The third-order valence-electron chi connectivity index (χ3n) is 3.28. The van der Waals surface area contributed by atoms with E-state index in [1.807, 2.05) is 0 Å². The minimum Gasteiger partial charge on any atom is -0.381 e. The van der Waals surface area contributed by atoms with Crippen LogP contribution in [0.25, 0.3) is 0 Å². The Hall–Kier alpha value is -0.130. The quantitative estimate of drug-likeness (QED) is 0.792. The standard InChI is InChI=1S/C11H23NO3S/c1-2-16(13,14)10-4-6-11(12)5-3-8-15-9-7-11/h2-10,12H2,1H3. The summed E-state index contributed by atoms with van der Waals surface area (Å²) in [6, 6.07) is 0. The van der Waals surface area contributed by atoms with Crippen molar-refractivity contribution in [3.63, 3.8) is 0 Å². The molecule has 0 aromatic heterocycles. The first kappa shape index (κ1) is 13.9. The number of hydrogen-bond donors (Lipinski definition) is 1. The fourth-order valence-corrected chi connectivity index (χ4v) is 2.94. The molecule has 0 amide bonds. The molecule has 1 fully saturated rings. The van der Waals surface area contributed by atoms with Crippen molar-refractivity contribution in [3.05, 3.63) is 0 Å². The Morgan fingerprint density at radius 3 is 2.75 bits per heavy atom. The molecule has 2 N–H and O–H groups in total. The highest BCUT2D eigenvalue weighted by Gasteiger charge is 2.26. The number of sulfone groups is 1. The monoisotopic (exact) mass is 249 g/mol. The van der Waals surface area contributed by atoms with Crippen molar-refractivity contribution in [2.75, 3.05) is 24.7 Å². The van der Waals surface area contributed by atoms with E-state index in [9.17, 15) is 8.42 Å². The van der Waals surface area contributed by atoms with E-state index in [1.54, 1.807) is 6.92 Å². The second kappa shape index (κ2) is 5.98. The second-order valence-electron chi connectivity index (χ2n) is 4.67. The van der Waals surface area contributed by atoms with E-state index in [0.717, 1.165) is 32.3 Å². The summed E-state index contributed by atoms with van der Waals surface area (Å²) in [7, 11) is -2.84. The molecule has 1 heterocycles. The van der Waals surface area contributed by atoms with Gasteiger partial charge in [0.1, 0.15) is 9.84 Å². The van der Waals surface area contributed by atoms with Gasteiger partial charge in [0, 0.05) is 24.5 Å². The molecule has 96 valence electrons. The average Bonchev–Trinajstić information content (AvgIpc) is 2.43. The second-order valence-corrected chi connectivity index (χ2v) is 7.14. The lowest BCUT2D eigenvalue weighted by Crippen LogP contribution is -2.40. The molecule has 1 aliphatic heterocycles. The van der Waals surface area contributed by atoms with E-state index >= 15 is 0 Å². The van der Waals surface area contributed by atoms with Crippen LogP contribution in [0.4, 0.5) is 0 Å². The average molecular weight is 249 g/mol. The Balaban J connectivity index is 2.35. The van der Waals surface area contributed by atoms with Crippen molar-refractivity contribution in [2.45, 2.75) is 44.6 Å². The molecule has 0 radical (unpaired) electrons. The van der Waals surface area contributed by atoms with Gasteiger partial charge in [-0.25, -0.2) is 8.42 Å². The van der Waals surface area contributed by atoms with Crippen molar-refractivity contribution in [2.24, 2.45) is 5.73 Å². The maximum Gasteiger partial charge on any atom is 0.150 e. The molecule has 1 aliphatic rings. The molecular formula is C11H23NO3S.